The molecular weight excluding hydrogens is 222 g/mol. The zero-order valence-corrected chi connectivity index (χ0v) is 12.3. The van der Waals surface area contributed by atoms with Gasteiger partial charge in [0, 0.05) is 16.5 Å². The Morgan fingerprint density at radius 3 is 2.12 bits per heavy atom. The van der Waals surface area contributed by atoms with Crippen LogP contribution in [0.25, 0.3) is 0 Å². The lowest BCUT2D eigenvalue weighted by Crippen LogP contribution is -2.55. The maximum Gasteiger partial charge on any atom is 0.326 e. The molecule has 0 rings (SSSR count). The second-order valence-electron chi connectivity index (χ2n) is 5.52. The van der Waals surface area contributed by atoms with Gasteiger partial charge >= 0.3 is 5.97 Å². The van der Waals surface area contributed by atoms with E-state index in [2.05, 4.69) is 26.1 Å². The Labute approximate surface area is 104 Å². The van der Waals surface area contributed by atoms with E-state index in [0.717, 1.165) is 0 Å². The van der Waals surface area contributed by atoms with Crippen LogP contribution >= 0.6 is 11.8 Å². The van der Waals surface area contributed by atoms with Crippen LogP contribution < -0.4 is 5.32 Å². The SMILES string of the molecule is COC(=O)C(C)(CSC(C)(C)C)NC(C)C. The van der Waals surface area contributed by atoms with E-state index < -0.39 is 5.54 Å². The van der Waals surface area contributed by atoms with Gasteiger partial charge in [-0.05, 0) is 20.8 Å². The Bertz CT molecular complexity index is 236. The molecule has 0 fully saturated rings. The van der Waals surface area contributed by atoms with Crippen molar-refractivity contribution in [1.82, 2.24) is 5.32 Å². The van der Waals surface area contributed by atoms with Gasteiger partial charge in [-0.3, -0.25) is 10.1 Å². The molecule has 0 aromatic heterocycles. The topological polar surface area (TPSA) is 38.3 Å². The number of hydrogen-bond donors (Lipinski definition) is 1. The van der Waals surface area contributed by atoms with Gasteiger partial charge in [0.15, 0.2) is 0 Å². The molecule has 0 spiro atoms. The second-order valence-corrected chi connectivity index (χ2v) is 7.33. The lowest BCUT2D eigenvalue weighted by Gasteiger charge is -2.32. The van der Waals surface area contributed by atoms with Crippen molar-refractivity contribution in [2.45, 2.75) is 57.9 Å². The Morgan fingerprint density at radius 1 is 1.31 bits per heavy atom. The van der Waals surface area contributed by atoms with Gasteiger partial charge in [0.05, 0.1) is 7.11 Å². The predicted octanol–water partition coefficient (Wildman–Crippen LogP) is 2.45. The molecular formula is C12H25NO2S. The van der Waals surface area contributed by atoms with Crippen molar-refractivity contribution in [3.63, 3.8) is 0 Å². The molecule has 0 aliphatic heterocycles. The first-order valence-corrected chi connectivity index (χ1v) is 6.59. The third-order valence-corrected chi connectivity index (χ3v) is 3.62. The van der Waals surface area contributed by atoms with Crippen LogP contribution in [0, 0.1) is 0 Å². The Morgan fingerprint density at radius 2 is 1.81 bits per heavy atom. The quantitative estimate of drug-likeness (QED) is 0.757. The summed E-state index contributed by atoms with van der Waals surface area (Å²) in [6.45, 7) is 12.4. The molecule has 0 bridgehead atoms. The summed E-state index contributed by atoms with van der Waals surface area (Å²) in [4.78, 5) is 11.8. The van der Waals surface area contributed by atoms with E-state index in [4.69, 9.17) is 4.74 Å². The number of nitrogens with one attached hydrogen (secondary N) is 1. The molecule has 1 unspecified atom stereocenters. The summed E-state index contributed by atoms with van der Waals surface area (Å²) in [6.07, 6.45) is 0. The summed E-state index contributed by atoms with van der Waals surface area (Å²) in [5.41, 5.74) is -0.610. The second kappa shape index (κ2) is 5.92. The van der Waals surface area contributed by atoms with Gasteiger partial charge in [-0.2, -0.15) is 11.8 Å². The van der Waals surface area contributed by atoms with Crippen molar-refractivity contribution in [2.24, 2.45) is 0 Å². The fraction of sp³-hybridized carbons (Fsp3) is 0.917. The molecule has 0 aromatic rings. The first-order chi connectivity index (χ1) is 7.10. The summed E-state index contributed by atoms with van der Waals surface area (Å²) in [7, 11) is 1.43. The number of carbonyl (C=O) groups excluding carboxylic acids is 1. The van der Waals surface area contributed by atoms with Gasteiger partial charge in [0.25, 0.3) is 0 Å². The van der Waals surface area contributed by atoms with Crippen LogP contribution in [0.4, 0.5) is 0 Å². The molecule has 1 N–H and O–H groups in total. The van der Waals surface area contributed by atoms with Crippen molar-refractivity contribution in [1.29, 1.82) is 0 Å². The van der Waals surface area contributed by atoms with Crippen molar-refractivity contribution in [3.8, 4) is 0 Å². The average Bonchev–Trinajstić information content (AvgIpc) is 2.11. The first-order valence-electron chi connectivity index (χ1n) is 5.61. The molecule has 0 radical (unpaired) electrons. The summed E-state index contributed by atoms with van der Waals surface area (Å²) in [6, 6.07) is 0.254. The molecule has 0 aliphatic rings. The number of esters is 1. The maximum absolute atomic E-state index is 11.8. The van der Waals surface area contributed by atoms with E-state index in [1.165, 1.54) is 7.11 Å². The van der Waals surface area contributed by atoms with Crippen LogP contribution in [0.15, 0.2) is 0 Å². The van der Waals surface area contributed by atoms with E-state index >= 15 is 0 Å². The lowest BCUT2D eigenvalue weighted by molar-refractivity contribution is -0.147. The number of methoxy groups -OCH3 is 1. The zero-order chi connectivity index (χ0) is 13.0. The van der Waals surface area contributed by atoms with E-state index in [1.807, 2.05) is 20.8 Å². The highest BCUT2D eigenvalue weighted by atomic mass is 32.2. The van der Waals surface area contributed by atoms with Gasteiger partial charge in [-0.15, -0.1) is 0 Å². The standard InChI is InChI=1S/C12H25NO2S/c1-9(2)13-12(6,10(14)15-7)8-16-11(3,4)5/h9,13H,8H2,1-7H3. The fourth-order valence-electron chi connectivity index (χ4n) is 1.38. The fourth-order valence-corrected chi connectivity index (χ4v) is 2.31. The normalized spacial score (nSPS) is 16.0. The van der Waals surface area contributed by atoms with Crippen LogP contribution in [0.1, 0.15) is 41.5 Å². The summed E-state index contributed by atoms with van der Waals surface area (Å²) in [5.74, 6) is 0.513. The molecule has 0 aliphatic carbocycles. The average molecular weight is 247 g/mol. The Hall–Kier alpha value is -0.220. The molecule has 16 heavy (non-hydrogen) atoms. The highest BCUT2D eigenvalue weighted by Crippen LogP contribution is 2.27. The van der Waals surface area contributed by atoms with Crippen LogP contribution in [-0.2, 0) is 9.53 Å². The van der Waals surface area contributed by atoms with E-state index in [1.54, 1.807) is 11.8 Å². The van der Waals surface area contributed by atoms with Crippen molar-refractivity contribution in [2.75, 3.05) is 12.9 Å². The summed E-state index contributed by atoms with van der Waals surface area (Å²) >= 11 is 1.76. The molecule has 0 saturated heterocycles. The smallest absolute Gasteiger partial charge is 0.326 e. The minimum absolute atomic E-state index is 0.147. The number of thioether (sulfide) groups is 1. The first kappa shape index (κ1) is 15.8. The van der Waals surface area contributed by atoms with Crippen LogP contribution in [-0.4, -0.2) is 35.2 Å². The lowest BCUT2D eigenvalue weighted by atomic mass is 10.0. The number of ether oxygens (including phenoxy) is 1. The Balaban J connectivity index is 4.61. The van der Waals surface area contributed by atoms with Gasteiger partial charge in [0.2, 0.25) is 0 Å². The molecule has 3 nitrogen and oxygen atoms in total. The van der Waals surface area contributed by atoms with Gasteiger partial charge in [0.1, 0.15) is 5.54 Å². The van der Waals surface area contributed by atoms with E-state index in [9.17, 15) is 4.79 Å². The highest BCUT2D eigenvalue weighted by Gasteiger charge is 2.36. The van der Waals surface area contributed by atoms with Crippen molar-refractivity contribution < 1.29 is 9.53 Å². The maximum atomic E-state index is 11.8. The molecule has 4 heteroatoms. The van der Waals surface area contributed by atoms with E-state index in [-0.39, 0.29) is 16.8 Å². The highest BCUT2D eigenvalue weighted by molar-refractivity contribution is 8.00. The molecule has 0 saturated carbocycles. The number of rotatable bonds is 5. The van der Waals surface area contributed by atoms with E-state index in [0.29, 0.717) is 5.75 Å². The minimum Gasteiger partial charge on any atom is -0.468 e. The molecule has 0 heterocycles. The number of hydrogen-bond acceptors (Lipinski definition) is 4. The zero-order valence-electron chi connectivity index (χ0n) is 11.5. The van der Waals surface area contributed by atoms with Gasteiger partial charge in [-0.25, -0.2) is 0 Å². The predicted molar refractivity (Wildman–Crippen MR) is 70.9 cm³/mol. The largest absolute Gasteiger partial charge is 0.468 e. The Kier molecular flexibility index (Phi) is 5.84. The van der Waals surface area contributed by atoms with Crippen LogP contribution in [0.3, 0.4) is 0 Å². The summed E-state index contributed by atoms with van der Waals surface area (Å²) in [5, 5.41) is 3.28. The van der Waals surface area contributed by atoms with Crippen LogP contribution in [0.2, 0.25) is 0 Å². The van der Waals surface area contributed by atoms with Crippen molar-refractivity contribution in [3.05, 3.63) is 0 Å². The molecule has 96 valence electrons. The van der Waals surface area contributed by atoms with Gasteiger partial charge < -0.3 is 4.74 Å². The number of carbonyl (C=O) groups is 1. The molecule has 1 atom stereocenters. The molecule has 0 amide bonds. The van der Waals surface area contributed by atoms with Crippen molar-refractivity contribution >= 4 is 17.7 Å². The monoisotopic (exact) mass is 247 g/mol. The minimum atomic E-state index is -0.610. The third-order valence-electron chi connectivity index (χ3n) is 2.04. The van der Waals surface area contributed by atoms with Gasteiger partial charge in [-0.1, -0.05) is 20.8 Å². The summed E-state index contributed by atoms with van der Waals surface area (Å²) < 4.78 is 5.01. The third kappa shape index (κ3) is 5.75. The van der Waals surface area contributed by atoms with Crippen LogP contribution in [0.5, 0.6) is 0 Å². The molecule has 0 aromatic carbocycles.